The summed E-state index contributed by atoms with van der Waals surface area (Å²) in [5.41, 5.74) is 11.9. The molecule has 1 saturated heterocycles. The highest BCUT2D eigenvalue weighted by atomic mass is 16.5. The molecule has 6 heteroatoms. The van der Waals surface area contributed by atoms with Crippen LogP contribution in [0.15, 0.2) is 66.7 Å². The number of rotatable bonds is 6. The molecule has 2 heterocycles. The van der Waals surface area contributed by atoms with Gasteiger partial charge in [-0.2, -0.15) is 0 Å². The van der Waals surface area contributed by atoms with Crippen molar-refractivity contribution in [3.05, 3.63) is 83.4 Å². The van der Waals surface area contributed by atoms with E-state index in [4.69, 9.17) is 10.5 Å². The molecule has 36 heavy (non-hydrogen) atoms. The van der Waals surface area contributed by atoms with Gasteiger partial charge >= 0.3 is 0 Å². The van der Waals surface area contributed by atoms with Gasteiger partial charge < -0.3 is 20.3 Å². The van der Waals surface area contributed by atoms with Crippen molar-refractivity contribution in [1.29, 1.82) is 0 Å². The molecule has 1 amide bonds. The Morgan fingerprint density at radius 1 is 0.917 bits per heavy atom. The lowest BCUT2D eigenvalue weighted by Crippen LogP contribution is -2.46. The zero-order chi connectivity index (χ0) is 25.1. The van der Waals surface area contributed by atoms with Crippen molar-refractivity contribution in [2.75, 3.05) is 48.3 Å². The molecule has 0 unspecified atom stereocenters. The van der Waals surface area contributed by atoms with E-state index in [1.165, 1.54) is 16.8 Å². The molecule has 3 aromatic rings. The number of nitrogen functional groups attached to an aromatic ring is 1. The number of hydrogen-bond donors (Lipinski definition) is 1. The molecule has 2 aliphatic rings. The molecule has 1 fully saturated rings. The fourth-order valence-corrected chi connectivity index (χ4v) is 5.24. The fraction of sp³-hybridized carbons (Fsp3) is 0.367. The molecular formula is C30H36N4O2. The summed E-state index contributed by atoms with van der Waals surface area (Å²) >= 11 is 0. The molecule has 0 bridgehead atoms. The Hall–Kier alpha value is -3.51. The molecular weight excluding hydrogens is 448 g/mol. The maximum absolute atomic E-state index is 13.5. The topological polar surface area (TPSA) is 62.0 Å². The SMILES string of the molecule is CC(C)Oc1ccccc1N1CCN(Cc2cccc(C(=O)N3CCCc4ccc(N)cc43)c2)CC1. The number of carbonyl (C=O) groups excluding carboxylic acids is 1. The van der Waals surface area contributed by atoms with Crippen LogP contribution in [0.5, 0.6) is 5.75 Å². The molecule has 188 valence electrons. The second-order valence-electron chi connectivity index (χ2n) is 10.0. The van der Waals surface area contributed by atoms with E-state index in [0.717, 1.165) is 69.1 Å². The maximum atomic E-state index is 13.5. The molecule has 0 atom stereocenters. The normalized spacial score (nSPS) is 16.2. The van der Waals surface area contributed by atoms with E-state index in [0.29, 0.717) is 5.69 Å². The van der Waals surface area contributed by atoms with E-state index in [1.54, 1.807) is 0 Å². The third-order valence-corrected chi connectivity index (χ3v) is 6.99. The Balaban J connectivity index is 1.24. The quantitative estimate of drug-likeness (QED) is 0.501. The molecule has 0 spiro atoms. The van der Waals surface area contributed by atoms with Crippen molar-refractivity contribution in [2.45, 2.75) is 39.3 Å². The number of aryl methyl sites for hydroxylation is 1. The third-order valence-electron chi connectivity index (χ3n) is 6.99. The summed E-state index contributed by atoms with van der Waals surface area (Å²) in [5, 5.41) is 0. The minimum Gasteiger partial charge on any atom is -0.489 e. The number of ether oxygens (including phenoxy) is 1. The summed E-state index contributed by atoms with van der Waals surface area (Å²) in [6, 6.07) is 22.3. The summed E-state index contributed by atoms with van der Waals surface area (Å²) in [7, 11) is 0. The summed E-state index contributed by atoms with van der Waals surface area (Å²) in [6.07, 6.45) is 2.11. The van der Waals surface area contributed by atoms with Gasteiger partial charge in [0, 0.05) is 56.2 Å². The molecule has 0 aromatic heterocycles. The number of piperazine rings is 1. The van der Waals surface area contributed by atoms with Gasteiger partial charge in [0.25, 0.3) is 5.91 Å². The molecule has 2 aliphatic heterocycles. The van der Waals surface area contributed by atoms with E-state index in [1.807, 2.05) is 41.3 Å². The highest BCUT2D eigenvalue weighted by Crippen LogP contribution is 2.31. The average Bonchev–Trinajstić information content (AvgIpc) is 2.88. The number of nitrogens with two attached hydrogens (primary N) is 1. The molecule has 2 N–H and O–H groups in total. The van der Waals surface area contributed by atoms with Gasteiger partial charge in [0.15, 0.2) is 0 Å². The van der Waals surface area contributed by atoms with E-state index in [2.05, 4.69) is 54.0 Å². The first-order chi connectivity index (χ1) is 17.5. The van der Waals surface area contributed by atoms with E-state index in [-0.39, 0.29) is 12.0 Å². The van der Waals surface area contributed by atoms with Crippen molar-refractivity contribution < 1.29 is 9.53 Å². The molecule has 0 saturated carbocycles. The number of carbonyl (C=O) groups is 1. The summed E-state index contributed by atoms with van der Waals surface area (Å²) < 4.78 is 6.04. The molecule has 6 nitrogen and oxygen atoms in total. The largest absolute Gasteiger partial charge is 0.489 e. The Labute approximate surface area is 214 Å². The van der Waals surface area contributed by atoms with Crippen LogP contribution in [0.1, 0.15) is 41.8 Å². The number of benzene rings is 3. The van der Waals surface area contributed by atoms with Gasteiger partial charge in [-0.3, -0.25) is 9.69 Å². The highest BCUT2D eigenvalue weighted by Gasteiger charge is 2.25. The zero-order valence-corrected chi connectivity index (χ0v) is 21.3. The predicted molar refractivity (Wildman–Crippen MR) is 147 cm³/mol. The summed E-state index contributed by atoms with van der Waals surface area (Å²) in [4.78, 5) is 20.2. The Bertz CT molecular complexity index is 1220. The number of hydrogen-bond acceptors (Lipinski definition) is 5. The van der Waals surface area contributed by atoms with Crippen LogP contribution in [0.2, 0.25) is 0 Å². The monoisotopic (exact) mass is 484 g/mol. The molecule has 0 radical (unpaired) electrons. The smallest absolute Gasteiger partial charge is 0.258 e. The number of fused-ring (bicyclic) bond motifs is 1. The number of amides is 1. The maximum Gasteiger partial charge on any atom is 0.258 e. The molecule has 0 aliphatic carbocycles. The first kappa shape index (κ1) is 24.2. The van der Waals surface area contributed by atoms with Crippen molar-refractivity contribution in [2.24, 2.45) is 0 Å². The lowest BCUT2D eigenvalue weighted by molar-refractivity contribution is 0.0985. The van der Waals surface area contributed by atoms with Crippen molar-refractivity contribution in [3.63, 3.8) is 0 Å². The van der Waals surface area contributed by atoms with E-state index < -0.39 is 0 Å². The molecule has 3 aromatic carbocycles. The summed E-state index contributed by atoms with van der Waals surface area (Å²) in [5.74, 6) is 1.00. The van der Waals surface area contributed by atoms with Crippen molar-refractivity contribution >= 4 is 23.0 Å². The van der Waals surface area contributed by atoms with Crippen LogP contribution in [0.25, 0.3) is 0 Å². The number of para-hydroxylation sites is 2. The van der Waals surface area contributed by atoms with Gasteiger partial charge in [0.2, 0.25) is 0 Å². The van der Waals surface area contributed by atoms with Crippen LogP contribution in [-0.2, 0) is 13.0 Å². The Kier molecular flexibility index (Phi) is 7.14. The van der Waals surface area contributed by atoms with Crippen LogP contribution < -0.4 is 20.3 Å². The van der Waals surface area contributed by atoms with Gasteiger partial charge in [-0.15, -0.1) is 0 Å². The van der Waals surface area contributed by atoms with Gasteiger partial charge in [0.1, 0.15) is 5.75 Å². The predicted octanol–water partition coefficient (Wildman–Crippen LogP) is 4.97. The van der Waals surface area contributed by atoms with Crippen molar-refractivity contribution in [3.8, 4) is 5.75 Å². The van der Waals surface area contributed by atoms with Crippen LogP contribution >= 0.6 is 0 Å². The minimum atomic E-state index is 0.0509. The van der Waals surface area contributed by atoms with Crippen LogP contribution in [0.3, 0.4) is 0 Å². The minimum absolute atomic E-state index is 0.0509. The Morgan fingerprint density at radius 3 is 2.53 bits per heavy atom. The van der Waals surface area contributed by atoms with E-state index >= 15 is 0 Å². The van der Waals surface area contributed by atoms with Crippen LogP contribution in [0.4, 0.5) is 17.1 Å². The highest BCUT2D eigenvalue weighted by molar-refractivity contribution is 6.07. The second kappa shape index (κ2) is 10.6. The van der Waals surface area contributed by atoms with Gasteiger partial charge in [-0.25, -0.2) is 0 Å². The second-order valence-corrected chi connectivity index (χ2v) is 10.0. The lowest BCUT2D eigenvalue weighted by atomic mass is 9.99. The van der Waals surface area contributed by atoms with E-state index in [9.17, 15) is 4.79 Å². The van der Waals surface area contributed by atoms with Gasteiger partial charge in [-0.1, -0.05) is 30.3 Å². The standard InChI is InChI=1S/C30H36N4O2/c1-22(2)36-29-11-4-3-10-27(29)33-17-15-32(16-18-33)21-23-7-5-8-25(19-23)30(35)34-14-6-9-24-12-13-26(31)20-28(24)34/h3-5,7-8,10-13,19-20,22H,6,9,14-18,21,31H2,1-2H3. The summed E-state index contributed by atoms with van der Waals surface area (Å²) in [6.45, 7) is 9.51. The number of anilines is 3. The average molecular weight is 485 g/mol. The lowest BCUT2D eigenvalue weighted by Gasteiger charge is -2.37. The first-order valence-electron chi connectivity index (χ1n) is 13.0. The third kappa shape index (κ3) is 5.34. The van der Waals surface area contributed by atoms with Crippen LogP contribution in [-0.4, -0.2) is 49.6 Å². The van der Waals surface area contributed by atoms with Crippen molar-refractivity contribution in [1.82, 2.24) is 4.90 Å². The van der Waals surface area contributed by atoms with Gasteiger partial charge in [-0.05, 0) is 74.2 Å². The number of nitrogens with zero attached hydrogens (tertiary/aromatic N) is 3. The first-order valence-corrected chi connectivity index (χ1v) is 13.0. The van der Waals surface area contributed by atoms with Crippen LogP contribution in [0, 0.1) is 0 Å². The Morgan fingerprint density at radius 2 is 1.72 bits per heavy atom. The molecule has 5 rings (SSSR count). The zero-order valence-electron chi connectivity index (χ0n) is 21.3. The van der Waals surface area contributed by atoms with Gasteiger partial charge in [0.05, 0.1) is 11.8 Å². The fourth-order valence-electron chi connectivity index (χ4n) is 5.24.